The normalized spacial score (nSPS) is 16.2. The molecular formula is C21H24ClN2O4+. The minimum atomic E-state index is -0.350. The first kappa shape index (κ1) is 18.9. The van der Waals surface area contributed by atoms with Crippen molar-refractivity contribution < 1.29 is 18.8 Å². The van der Waals surface area contributed by atoms with Crippen molar-refractivity contribution >= 4 is 22.7 Å². The second-order valence-electron chi connectivity index (χ2n) is 6.93. The fourth-order valence-electron chi connectivity index (χ4n) is 3.80. The molecule has 148 valence electrons. The highest BCUT2D eigenvalue weighted by atomic mass is 35.5. The zero-order valence-electron chi connectivity index (χ0n) is 16.1. The van der Waals surface area contributed by atoms with Gasteiger partial charge in [0.25, 0.3) is 0 Å². The molecule has 1 aromatic heterocycles. The molecule has 1 aliphatic rings. The number of nitrogens with one attached hydrogen (secondary N) is 1. The van der Waals surface area contributed by atoms with Crippen LogP contribution in [-0.4, -0.2) is 24.3 Å². The van der Waals surface area contributed by atoms with Gasteiger partial charge in [-0.2, -0.15) is 0 Å². The molecule has 3 aromatic rings. The summed E-state index contributed by atoms with van der Waals surface area (Å²) in [5.74, 6) is 1.24. The molecule has 0 radical (unpaired) electrons. The fraction of sp³-hybridized carbons (Fsp3) is 0.381. The van der Waals surface area contributed by atoms with Gasteiger partial charge in [-0.15, -0.1) is 0 Å². The van der Waals surface area contributed by atoms with E-state index in [2.05, 4.69) is 12.1 Å². The van der Waals surface area contributed by atoms with E-state index in [-0.39, 0.29) is 5.76 Å². The van der Waals surface area contributed by atoms with Crippen molar-refractivity contribution in [3.63, 3.8) is 0 Å². The lowest BCUT2D eigenvalue weighted by molar-refractivity contribution is -0.938. The minimum Gasteiger partial charge on any atom is -0.490 e. The number of benzene rings is 2. The summed E-state index contributed by atoms with van der Waals surface area (Å²) in [7, 11) is 0. The summed E-state index contributed by atoms with van der Waals surface area (Å²) in [6.45, 7) is 7.43. The van der Waals surface area contributed by atoms with E-state index in [0.717, 1.165) is 36.5 Å². The van der Waals surface area contributed by atoms with Crippen LogP contribution in [-0.2, 0) is 19.6 Å². The van der Waals surface area contributed by atoms with E-state index in [0.29, 0.717) is 30.5 Å². The molecule has 6 nitrogen and oxygen atoms in total. The lowest BCUT2D eigenvalue weighted by Crippen LogP contribution is -3.11. The van der Waals surface area contributed by atoms with Gasteiger partial charge in [-0.05, 0) is 43.7 Å². The molecule has 0 amide bonds. The van der Waals surface area contributed by atoms with Crippen LogP contribution in [0.25, 0.3) is 11.1 Å². The van der Waals surface area contributed by atoms with Gasteiger partial charge in [-0.3, -0.25) is 0 Å². The van der Waals surface area contributed by atoms with Crippen LogP contribution in [0.3, 0.4) is 0 Å². The maximum Gasteiger partial charge on any atom is 0.424 e. The summed E-state index contributed by atoms with van der Waals surface area (Å²) in [6.07, 6.45) is 0.924. The van der Waals surface area contributed by atoms with Crippen molar-refractivity contribution in [2.45, 2.75) is 33.5 Å². The first-order chi connectivity index (χ1) is 13.6. The number of quaternary nitrogens is 1. The van der Waals surface area contributed by atoms with Gasteiger partial charge in [0.2, 0.25) is 0 Å². The Morgan fingerprint density at radius 3 is 2.54 bits per heavy atom. The zero-order valence-corrected chi connectivity index (χ0v) is 16.8. The lowest BCUT2D eigenvalue weighted by atomic mass is 9.99. The molecule has 0 saturated heterocycles. The summed E-state index contributed by atoms with van der Waals surface area (Å²) < 4.78 is 18.6. The third kappa shape index (κ3) is 3.62. The Labute approximate surface area is 168 Å². The van der Waals surface area contributed by atoms with E-state index in [1.54, 1.807) is 16.7 Å². The molecule has 0 saturated carbocycles. The monoisotopic (exact) mass is 403 g/mol. The number of rotatable bonds is 6. The number of hydrogen-bond acceptors (Lipinski definition) is 4. The molecule has 1 unspecified atom stereocenters. The summed E-state index contributed by atoms with van der Waals surface area (Å²) in [5.41, 5.74) is 3.81. The number of halogens is 1. The van der Waals surface area contributed by atoms with E-state index in [1.807, 2.05) is 19.9 Å². The molecule has 28 heavy (non-hydrogen) atoms. The van der Waals surface area contributed by atoms with Crippen molar-refractivity contribution in [3.05, 3.63) is 57.0 Å². The van der Waals surface area contributed by atoms with Gasteiger partial charge in [0.15, 0.2) is 23.8 Å². The highest BCUT2D eigenvalue weighted by Gasteiger charge is 2.24. The molecule has 0 aliphatic carbocycles. The molecule has 1 atom stereocenters. The van der Waals surface area contributed by atoms with E-state index in [9.17, 15) is 4.79 Å². The fourth-order valence-corrected chi connectivity index (χ4v) is 3.96. The van der Waals surface area contributed by atoms with Crippen molar-refractivity contribution in [2.75, 3.05) is 19.8 Å². The number of nitrogens with zero attached hydrogens (tertiary/aromatic N) is 1. The van der Waals surface area contributed by atoms with Gasteiger partial charge in [0.05, 0.1) is 25.3 Å². The first-order valence-corrected chi connectivity index (χ1v) is 10.0. The topological polar surface area (TPSA) is 58.0 Å². The Morgan fingerprint density at radius 1 is 1.11 bits per heavy atom. The maximum absolute atomic E-state index is 12.3. The van der Waals surface area contributed by atoms with Crippen LogP contribution >= 0.6 is 11.6 Å². The molecule has 7 heteroatoms. The number of fused-ring (bicyclic) bond motifs is 2. The standard InChI is InChI=1S/C21H23ClN2O4/c1-3-26-19-9-14-7-8-23(12-15(14)10-20(19)27-4-2)13-24-17-6-5-16(22)11-18(17)28-21(24)25/h5-6,9-11H,3-4,7-8,12-13H2,1-2H3/p+1. The van der Waals surface area contributed by atoms with Gasteiger partial charge in [-0.25, -0.2) is 9.36 Å². The zero-order chi connectivity index (χ0) is 19.7. The third-order valence-electron chi connectivity index (χ3n) is 5.07. The van der Waals surface area contributed by atoms with Crippen LogP contribution in [0.4, 0.5) is 0 Å². The quantitative estimate of drug-likeness (QED) is 0.687. The van der Waals surface area contributed by atoms with E-state index >= 15 is 0 Å². The number of ether oxygens (including phenoxy) is 2. The van der Waals surface area contributed by atoms with Crippen molar-refractivity contribution in [1.82, 2.24) is 4.57 Å². The van der Waals surface area contributed by atoms with Gasteiger partial charge in [0.1, 0.15) is 6.54 Å². The summed E-state index contributed by atoms with van der Waals surface area (Å²) in [6, 6.07) is 9.47. The van der Waals surface area contributed by atoms with Crippen LogP contribution in [0.15, 0.2) is 39.5 Å². The smallest absolute Gasteiger partial charge is 0.424 e. The Hall–Kier alpha value is -2.44. The molecular weight excluding hydrogens is 380 g/mol. The summed E-state index contributed by atoms with van der Waals surface area (Å²) in [4.78, 5) is 13.6. The van der Waals surface area contributed by atoms with Crippen LogP contribution in [0, 0.1) is 0 Å². The average molecular weight is 404 g/mol. The lowest BCUT2D eigenvalue weighted by Gasteiger charge is -2.27. The van der Waals surface area contributed by atoms with Crippen molar-refractivity contribution in [2.24, 2.45) is 0 Å². The maximum atomic E-state index is 12.3. The predicted molar refractivity (Wildman–Crippen MR) is 108 cm³/mol. The van der Waals surface area contributed by atoms with Gasteiger partial charge >= 0.3 is 5.76 Å². The number of oxazole rings is 1. The highest BCUT2D eigenvalue weighted by molar-refractivity contribution is 6.31. The Balaban J connectivity index is 1.60. The van der Waals surface area contributed by atoms with Crippen molar-refractivity contribution in [3.8, 4) is 11.5 Å². The summed E-state index contributed by atoms with van der Waals surface area (Å²) >= 11 is 6.01. The second kappa shape index (κ2) is 7.89. The highest BCUT2D eigenvalue weighted by Crippen LogP contribution is 2.32. The Kier molecular flexibility index (Phi) is 5.33. The second-order valence-corrected chi connectivity index (χ2v) is 7.36. The molecule has 4 rings (SSSR count). The third-order valence-corrected chi connectivity index (χ3v) is 5.30. The van der Waals surface area contributed by atoms with Gasteiger partial charge in [-0.1, -0.05) is 11.6 Å². The van der Waals surface area contributed by atoms with E-state index < -0.39 is 0 Å². The van der Waals surface area contributed by atoms with E-state index in [4.69, 9.17) is 25.5 Å². The molecule has 0 bridgehead atoms. The van der Waals surface area contributed by atoms with Crippen LogP contribution < -0.4 is 20.1 Å². The Bertz CT molecular complexity index is 1060. The molecule has 1 N–H and O–H groups in total. The first-order valence-electron chi connectivity index (χ1n) is 9.63. The minimum absolute atomic E-state index is 0.350. The van der Waals surface area contributed by atoms with Crippen LogP contribution in [0.1, 0.15) is 25.0 Å². The molecule has 2 heterocycles. The largest absolute Gasteiger partial charge is 0.490 e. The van der Waals surface area contributed by atoms with Crippen LogP contribution in [0.5, 0.6) is 11.5 Å². The molecule has 1 aliphatic heterocycles. The van der Waals surface area contributed by atoms with E-state index in [1.165, 1.54) is 16.0 Å². The SMILES string of the molecule is CCOc1cc2c(cc1OCC)C[NH+](Cn1c(=O)oc3cc(Cl)ccc31)CC2. The molecule has 0 spiro atoms. The van der Waals surface area contributed by atoms with Crippen molar-refractivity contribution in [1.29, 1.82) is 0 Å². The van der Waals surface area contributed by atoms with Gasteiger partial charge < -0.3 is 18.8 Å². The Morgan fingerprint density at radius 2 is 1.82 bits per heavy atom. The number of hydrogen-bond donors (Lipinski definition) is 1. The van der Waals surface area contributed by atoms with Gasteiger partial charge in [0, 0.05) is 23.1 Å². The predicted octanol–water partition coefficient (Wildman–Crippen LogP) is 2.64. The van der Waals surface area contributed by atoms with Crippen LogP contribution in [0.2, 0.25) is 5.02 Å². The molecule has 0 fully saturated rings. The summed E-state index contributed by atoms with van der Waals surface area (Å²) in [5, 5.41) is 0.557. The average Bonchev–Trinajstić information content (AvgIpc) is 2.97. The number of aromatic nitrogens is 1. The molecule has 2 aromatic carbocycles.